The molecule has 1 aromatic carbocycles. The van der Waals surface area contributed by atoms with Gasteiger partial charge in [-0.3, -0.25) is 0 Å². The number of nitrogens with two attached hydrogens (primary N) is 1. The fourth-order valence-electron chi connectivity index (χ4n) is 1.72. The topological polar surface area (TPSA) is 42.2 Å². The second kappa shape index (κ2) is 5.99. The second-order valence-electron chi connectivity index (χ2n) is 4.15. The van der Waals surface area contributed by atoms with Crippen LogP contribution in [0.1, 0.15) is 5.56 Å². The number of anilines is 2. The number of hydrogen-bond acceptors (Lipinski definition) is 3. The number of benzene rings is 1. The highest BCUT2D eigenvalue weighted by Crippen LogP contribution is 2.30. The standard InChI is InChI=1S/C13H12BrCl2N3/c1-19(7-8-3-2-4-9(14)5-8)13-11(16)6-10(15)12(17)18-13/h2-6H,7H2,1H3,(H2,17,18). The quantitative estimate of drug-likeness (QED) is 0.883. The van der Waals surface area contributed by atoms with Gasteiger partial charge in [0, 0.05) is 18.1 Å². The highest BCUT2D eigenvalue weighted by Gasteiger charge is 2.11. The molecule has 1 aromatic heterocycles. The molecule has 0 spiro atoms. The van der Waals surface area contributed by atoms with E-state index in [1.54, 1.807) is 6.07 Å². The summed E-state index contributed by atoms with van der Waals surface area (Å²) in [5, 5.41) is 0.848. The van der Waals surface area contributed by atoms with E-state index >= 15 is 0 Å². The van der Waals surface area contributed by atoms with Crippen LogP contribution >= 0.6 is 39.1 Å². The van der Waals surface area contributed by atoms with E-state index in [0.29, 0.717) is 22.4 Å². The molecule has 0 atom stereocenters. The molecule has 100 valence electrons. The molecule has 0 amide bonds. The lowest BCUT2D eigenvalue weighted by atomic mass is 10.2. The van der Waals surface area contributed by atoms with Crippen molar-refractivity contribution in [2.75, 3.05) is 17.7 Å². The van der Waals surface area contributed by atoms with Gasteiger partial charge < -0.3 is 10.6 Å². The van der Waals surface area contributed by atoms with Crippen LogP contribution in [0.4, 0.5) is 11.6 Å². The van der Waals surface area contributed by atoms with E-state index in [1.165, 1.54) is 0 Å². The van der Waals surface area contributed by atoms with Crippen molar-refractivity contribution in [3.8, 4) is 0 Å². The first kappa shape index (κ1) is 14.4. The average Bonchev–Trinajstić information content (AvgIpc) is 2.33. The molecule has 1 heterocycles. The zero-order chi connectivity index (χ0) is 14.0. The van der Waals surface area contributed by atoms with Crippen molar-refractivity contribution in [1.29, 1.82) is 0 Å². The predicted octanol–water partition coefficient (Wildman–Crippen LogP) is 4.37. The predicted molar refractivity (Wildman–Crippen MR) is 84.9 cm³/mol. The molecule has 0 saturated heterocycles. The van der Waals surface area contributed by atoms with Crippen LogP contribution in [0, 0.1) is 0 Å². The lowest BCUT2D eigenvalue weighted by Gasteiger charge is -2.20. The van der Waals surface area contributed by atoms with Crippen molar-refractivity contribution in [3.63, 3.8) is 0 Å². The van der Waals surface area contributed by atoms with E-state index in [-0.39, 0.29) is 5.82 Å². The summed E-state index contributed by atoms with van der Waals surface area (Å²) < 4.78 is 1.04. The van der Waals surface area contributed by atoms with Gasteiger partial charge in [-0.15, -0.1) is 0 Å². The molecule has 2 N–H and O–H groups in total. The van der Waals surface area contributed by atoms with Crippen LogP contribution in [0.3, 0.4) is 0 Å². The Hall–Kier alpha value is -0.970. The Labute approximate surface area is 130 Å². The summed E-state index contributed by atoms with van der Waals surface area (Å²) in [6.07, 6.45) is 0. The van der Waals surface area contributed by atoms with Crippen LogP contribution in [-0.2, 0) is 6.54 Å². The van der Waals surface area contributed by atoms with Gasteiger partial charge in [0.25, 0.3) is 0 Å². The molecule has 0 aliphatic carbocycles. The van der Waals surface area contributed by atoms with Gasteiger partial charge in [0.2, 0.25) is 0 Å². The highest BCUT2D eigenvalue weighted by molar-refractivity contribution is 9.10. The van der Waals surface area contributed by atoms with Gasteiger partial charge in [-0.05, 0) is 23.8 Å². The maximum Gasteiger partial charge on any atom is 0.149 e. The zero-order valence-electron chi connectivity index (χ0n) is 10.2. The van der Waals surface area contributed by atoms with Crippen molar-refractivity contribution in [2.24, 2.45) is 0 Å². The van der Waals surface area contributed by atoms with E-state index in [1.807, 2.05) is 36.2 Å². The summed E-state index contributed by atoms with van der Waals surface area (Å²) in [4.78, 5) is 6.15. The molecule has 0 aliphatic heterocycles. The molecule has 0 bridgehead atoms. The van der Waals surface area contributed by atoms with Crippen LogP contribution < -0.4 is 10.6 Å². The first-order valence-corrected chi connectivity index (χ1v) is 7.09. The van der Waals surface area contributed by atoms with Crippen molar-refractivity contribution in [3.05, 3.63) is 50.4 Å². The van der Waals surface area contributed by atoms with E-state index in [2.05, 4.69) is 20.9 Å². The van der Waals surface area contributed by atoms with Gasteiger partial charge in [0.15, 0.2) is 0 Å². The number of nitrogen functional groups attached to an aromatic ring is 1. The average molecular weight is 361 g/mol. The smallest absolute Gasteiger partial charge is 0.149 e. The first-order chi connectivity index (χ1) is 8.97. The van der Waals surface area contributed by atoms with Gasteiger partial charge >= 0.3 is 0 Å². The van der Waals surface area contributed by atoms with E-state index < -0.39 is 0 Å². The van der Waals surface area contributed by atoms with Crippen molar-refractivity contribution in [1.82, 2.24) is 4.98 Å². The number of halogens is 3. The number of nitrogens with zero attached hydrogens (tertiary/aromatic N) is 2. The molecule has 0 aliphatic rings. The van der Waals surface area contributed by atoms with Gasteiger partial charge in [-0.1, -0.05) is 51.3 Å². The Kier molecular flexibility index (Phi) is 4.55. The maximum atomic E-state index is 6.14. The first-order valence-electron chi connectivity index (χ1n) is 5.54. The number of hydrogen-bond donors (Lipinski definition) is 1. The normalized spacial score (nSPS) is 10.5. The van der Waals surface area contributed by atoms with E-state index in [9.17, 15) is 0 Å². The lowest BCUT2D eigenvalue weighted by Crippen LogP contribution is -2.18. The third-order valence-corrected chi connectivity index (χ3v) is 3.68. The largest absolute Gasteiger partial charge is 0.382 e. The third-order valence-electron chi connectivity index (χ3n) is 2.61. The summed E-state index contributed by atoms with van der Waals surface area (Å²) in [5.41, 5.74) is 6.85. The fourth-order valence-corrected chi connectivity index (χ4v) is 2.67. The van der Waals surface area contributed by atoms with Gasteiger partial charge in [0.05, 0.1) is 10.0 Å². The van der Waals surface area contributed by atoms with Gasteiger partial charge in [-0.25, -0.2) is 4.98 Å². The van der Waals surface area contributed by atoms with Gasteiger partial charge in [0.1, 0.15) is 11.6 Å². The van der Waals surface area contributed by atoms with E-state index in [0.717, 1.165) is 10.0 Å². The SMILES string of the molecule is CN(Cc1cccc(Br)c1)c1nc(N)c(Cl)cc1Cl. The Balaban J connectivity index is 2.25. The minimum absolute atomic E-state index is 0.280. The minimum atomic E-state index is 0.280. The molecular weight excluding hydrogens is 349 g/mol. The third kappa shape index (κ3) is 3.53. The van der Waals surface area contributed by atoms with Crippen molar-refractivity contribution < 1.29 is 0 Å². The van der Waals surface area contributed by atoms with Crippen molar-refractivity contribution in [2.45, 2.75) is 6.54 Å². The molecular formula is C13H12BrCl2N3. The molecule has 2 aromatic rings. The van der Waals surface area contributed by atoms with Crippen molar-refractivity contribution >= 4 is 50.8 Å². The summed E-state index contributed by atoms with van der Waals surface area (Å²) in [7, 11) is 1.91. The Morgan fingerprint density at radius 3 is 2.68 bits per heavy atom. The summed E-state index contributed by atoms with van der Waals surface area (Å²) in [6.45, 7) is 0.674. The van der Waals surface area contributed by atoms with Crippen LogP contribution in [-0.4, -0.2) is 12.0 Å². The zero-order valence-corrected chi connectivity index (χ0v) is 13.3. The van der Waals surface area contributed by atoms with E-state index in [4.69, 9.17) is 28.9 Å². The lowest BCUT2D eigenvalue weighted by molar-refractivity contribution is 0.899. The molecule has 19 heavy (non-hydrogen) atoms. The summed E-state index contributed by atoms with van der Waals surface area (Å²) >= 11 is 15.5. The van der Waals surface area contributed by atoms with Crippen LogP contribution in [0.5, 0.6) is 0 Å². The number of aromatic nitrogens is 1. The molecule has 2 rings (SSSR count). The van der Waals surface area contributed by atoms with Crippen LogP contribution in [0.2, 0.25) is 10.0 Å². The monoisotopic (exact) mass is 359 g/mol. The maximum absolute atomic E-state index is 6.14. The number of pyridine rings is 1. The summed E-state index contributed by atoms with van der Waals surface area (Å²) in [6, 6.07) is 9.66. The second-order valence-corrected chi connectivity index (χ2v) is 5.88. The Morgan fingerprint density at radius 1 is 1.26 bits per heavy atom. The molecule has 6 heteroatoms. The summed E-state index contributed by atoms with van der Waals surface area (Å²) in [5.74, 6) is 0.894. The fraction of sp³-hybridized carbons (Fsp3) is 0.154. The van der Waals surface area contributed by atoms with Crippen LogP contribution in [0.15, 0.2) is 34.8 Å². The molecule has 0 radical (unpaired) electrons. The minimum Gasteiger partial charge on any atom is -0.382 e. The molecule has 0 saturated carbocycles. The Morgan fingerprint density at radius 2 is 2.00 bits per heavy atom. The molecule has 3 nitrogen and oxygen atoms in total. The molecule has 0 unspecified atom stereocenters. The van der Waals surface area contributed by atoms with Crippen LogP contribution in [0.25, 0.3) is 0 Å². The molecule has 0 fully saturated rings. The van der Waals surface area contributed by atoms with Gasteiger partial charge in [-0.2, -0.15) is 0 Å². The highest BCUT2D eigenvalue weighted by atomic mass is 79.9. The number of rotatable bonds is 3. The Bertz CT molecular complexity index is 604.